The summed E-state index contributed by atoms with van der Waals surface area (Å²) < 4.78 is 0. The van der Waals surface area contributed by atoms with E-state index in [0.717, 1.165) is 32.1 Å². The van der Waals surface area contributed by atoms with Crippen LogP contribution in [0.2, 0.25) is 0 Å². The molecular formula is C18H23NO2. The molecule has 0 fully saturated rings. The quantitative estimate of drug-likeness (QED) is 0.831. The van der Waals surface area contributed by atoms with Gasteiger partial charge >= 0.3 is 5.97 Å². The highest BCUT2D eigenvalue weighted by Crippen LogP contribution is 2.41. The standard InChI is InChI=1S/C18H23NO2/c1-3-12-7-6-9-13-14-8-4-5-10-18(2,11-15(20)21)17(14)19-16(12)13/h6-7,9,19H,3-5,8,10-11H2,1-2H3,(H,20,21)/t18-/m1/s1. The zero-order valence-corrected chi connectivity index (χ0v) is 12.8. The third-order valence-corrected chi connectivity index (χ3v) is 4.96. The van der Waals surface area contributed by atoms with Crippen molar-refractivity contribution in [1.29, 1.82) is 0 Å². The smallest absolute Gasteiger partial charge is 0.304 e. The number of fused-ring (bicyclic) bond motifs is 3. The van der Waals surface area contributed by atoms with Crippen molar-refractivity contribution in [2.75, 3.05) is 0 Å². The molecule has 3 rings (SSSR count). The van der Waals surface area contributed by atoms with Crippen LogP contribution in [0, 0.1) is 0 Å². The Morgan fingerprint density at radius 1 is 1.38 bits per heavy atom. The topological polar surface area (TPSA) is 53.1 Å². The molecule has 0 radical (unpaired) electrons. The number of aromatic nitrogens is 1. The first-order valence-corrected chi connectivity index (χ1v) is 7.90. The monoisotopic (exact) mass is 285 g/mol. The molecule has 0 unspecified atom stereocenters. The lowest BCUT2D eigenvalue weighted by Gasteiger charge is -2.26. The zero-order chi connectivity index (χ0) is 15.0. The number of benzene rings is 1. The van der Waals surface area contributed by atoms with Crippen LogP contribution in [0.25, 0.3) is 10.9 Å². The van der Waals surface area contributed by atoms with Gasteiger partial charge in [0.1, 0.15) is 0 Å². The molecule has 112 valence electrons. The molecule has 1 atom stereocenters. The summed E-state index contributed by atoms with van der Waals surface area (Å²) >= 11 is 0. The Balaban J connectivity index is 2.23. The number of aryl methyl sites for hydroxylation is 2. The van der Waals surface area contributed by atoms with Crippen LogP contribution in [-0.2, 0) is 23.1 Å². The number of H-pyrrole nitrogens is 1. The molecule has 0 bridgehead atoms. The minimum atomic E-state index is -0.709. The number of carboxylic acids is 1. The SMILES string of the molecule is CCc1cccc2c3c([nH]c12)[C@@](C)(CC(=O)O)CCCC3. The average Bonchev–Trinajstić information content (AvgIpc) is 2.75. The van der Waals surface area contributed by atoms with Crippen LogP contribution in [-0.4, -0.2) is 16.1 Å². The lowest BCUT2D eigenvalue weighted by molar-refractivity contribution is -0.138. The van der Waals surface area contributed by atoms with Gasteiger partial charge in [0.05, 0.1) is 6.42 Å². The van der Waals surface area contributed by atoms with Gasteiger partial charge in [0.25, 0.3) is 0 Å². The Kier molecular flexibility index (Phi) is 3.52. The molecule has 0 saturated heterocycles. The van der Waals surface area contributed by atoms with Crippen molar-refractivity contribution in [3.8, 4) is 0 Å². The van der Waals surface area contributed by atoms with Crippen LogP contribution >= 0.6 is 0 Å². The summed E-state index contributed by atoms with van der Waals surface area (Å²) in [5, 5.41) is 10.6. The average molecular weight is 285 g/mol. The molecule has 3 nitrogen and oxygen atoms in total. The van der Waals surface area contributed by atoms with Gasteiger partial charge in [0.2, 0.25) is 0 Å². The summed E-state index contributed by atoms with van der Waals surface area (Å²) in [4.78, 5) is 14.9. The van der Waals surface area contributed by atoms with Gasteiger partial charge in [-0.05, 0) is 36.8 Å². The van der Waals surface area contributed by atoms with Gasteiger partial charge in [-0.1, -0.05) is 38.5 Å². The van der Waals surface area contributed by atoms with Crippen molar-refractivity contribution in [3.05, 3.63) is 35.0 Å². The molecule has 0 amide bonds. The van der Waals surface area contributed by atoms with Crippen molar-refractivity contribution in [2.45, 2.75) is 57.8 Å². The van der Waals surface area contributed by atoms with Crippen molar-refractivity contribution in [3.63, 3.8) is 0 Å². The van der Waals surface area contributed by atoms with Crippen LogP contribution < -0.4 is 0 Å². The lowest BCUT2D eigenvalue weighted by Crippen LogP contribution is -2.26. The second-order valence-electron chi connectivity index (χ2n) is 6.51. The highest BCUT2D eigenvalue weighted by Gasteiger charge is 2.35. The molecule has 0 saturated carbocycles. The third kappa shape index (κ3) is 2.35. The predicted octanol–water partition coefficient (Wildman–Crippen LogP) is 4.19. The van der Waals surface area contributed by atoms with Gasteiger partial charge in [-0.2, -0.15) is 0 Å². The van der Waals surface area contributed by atoms with E-state index >= 15 is 0 Å². The summed E-state index contributed by atoms with van der Waals surface area (Å²) in [5.41, 5.74) is 4.77. The molecular weight excluding hydrogens is 262 g/mol. The summed E-state index contributed by atoms with van der Waals surface area (Å²) in [6.07, 6.45) is 5.44. The number of carboxylic acid groups (broad SMARTS) is 1. The van der Waals surface area contributed by atoms with E-state index in [1.54, 1.807) is 0 Å². The van der Waals surface area contributed by atoms with Crippen LogP contribution in [0.15, 0.2) is 18.2 Å². The largest absolute Gasteiger partial charge is 0.481 e. The zero-order valence-electron chi connectivity index (χ0n) is 12.8. The minimum absolute atomic E-state index is 0.203. The molecule has 1 aliphatic carbocycles. The fourth-order valence-corrected chi connectivity index (χ4v) is 3.86. The first-order chi connectivity index (χ1) is 10.0. The molecule has 2 N–H and O–H groups in total. The summed E-state index contributed by atoms with van der Waals surface area (Å²) in [7, 11) is 0. The Morgan fingerprint density at radius 3 is 2.90 bits per heavy atom. The number of aliphatic carboxylic acids is 1. The van der Waals surface area contributed by atoms with Crippen LogP contribution in [0.1, 0.15) is 56.4 Å². The van der Waals surface area contributed by atoms with Gasteiger partial charge in [-0.3, -0.25) is 4.79 Å². The molecule has 21 heavy (non-hydrogen) atoms. The highest BCUT2D eigenvalue weighted by atomic mass is 16.4. The normalized spacial score (nSPS) is 22.0. The van der Waals surface area contributed by atoms with Gasteiger partial charge in [0.15, 0.2) is 0 Å². The molecule has 0 spiro atoms. The predicted molar refractivity (Wildman–Crippen MR) is 84.8 cm³/mol. The number of nitrogens with one attached hydrogen (secondary N) is 1. The second kappa shape index (κ2) is 5.21. The molecule has 1 aromatic carbocycles. The minimum Gasteiger partial charge on any atom is -0.481 e. The lowest BCUT2D eigenvalue weighted by atomic mass is 9.79. The molecule has 1 aromatic heterocycles. The van der Waals surface area contributed by atoms with Crippen molar-refractivity contribution in [1.82, 2.24) is 4.98 Å². The fourth-order valence-electron chi connectivity index (χ4n) is 3.86. The Hall–Kier alpha value is -1.77. The fraction of sp³-hybridized carbons (Fsp3) is 0.500. The number of rotatable bonds is 3. The molecule has 1 heterocycles. The second-order valence-corrected chi connectivity index (χ2v) is 6.51. The molecule has 2 aromatic rings. The summed E-state index contributed by atoms with van der Waals surface area (Å²) in [5.74, 6) is -0.709. The highest BCUT2D eigenvalue weighted by molar-refractivity contribution is 5.88. The molecule has 0 aliphatic heterocycles. The maximum atomic E-state index is 11.3. The van der Waals surface area contributed by atoms with E-state index in [4.69, 9.17) is 0 Å². The van der Waals surface area contributed by atoms with E-state index in [1.165, 1.54) is 27.7 Å². The maximum absolute atomic E-state index is 11.3. The summed E-state index contributed by atoms with van der Waals surface area (Å²) in [6.45, 7) is 4.27. The summed E-state index contributed by atoms with van der Waals surface area (Å²) in [6, 6.07) is 6.46. The van der Waals surface area contributed by atoms with E-state index in [9.17, 15) is 9.90 Å². The number of hydrogen-bond donors (Lipinski definition) is 2. The van der Waals surface area contributed by atoms with E-state index in [2.05, 4.69) is 37.0 Å². The Morgan fingerprint density at radius 2 is 2.19 bits per heavy atom. The van der Waals surface area contributed by atoms with Crippen LogP contribution in [0.4, 0.5) is 0 Å². The first-order valence-electron chi connectivity index (χ1n) is 7.90. The van der Waals surface area contributed by atoms with Gasteiger partial charge < -0.3 is 10.1 Å². The molecule has 1 aliphatic rings. The Labute approximate surface area is 125 Å². The third-order valence-electron chi connectivity index (χ3n) is 4.96. The van der Waals surface area contributed by atoms with E-state index in [1.807, 2.05) is 0 Å². The number of hydrogen-bond acceptors (Lipinski definition) is 1. The van der Waals surface area contributed by atoms with E-state index < -0.39 is 5.97 Å². The van der Waals surface area contributed by atoms with Crippen LogP contribution in [0.3, 0.4) is 0 Å². The van der Waals surface area contributed by atoms with Gasteiger partial charge in [-0.15, -0.1) is 0 Å². The first kappa shape index (κ1) is 14.2. The van der Waals surface area contributed by atoms with Crippen molar-refractivity contribution in [2.24, 2.45) is 0 Å². The number of aromatic amines is 1. The van der Waals surface area contributed by atoms with E-state index in [-0.39, 0.29) is 11.8 Å². The Bertz CT molecular complexity index is 686. The number of carbonyl (C=O) groups is 1. The van der Waals surface area contributed by atoms with E-state index in [0.29, 0.717) is 0 Å². The van der Waals surface area contributed by atoms with Crippen molar-refractivity contribution < 1.29 is 9.90 Å². The van der Waals surface area contributed by atoms with Crippen LogP contribution in [0.5, 0.6) is 0 Å². The molecule has 3 heteroatoms. The van der Waals surface area contributed by atoms with Crippen molar-refractivity contribution >= 4 is 16.9 Å². The maximum Gasteiger partial charge on any atom is 0.304 e. The number of para-hydroxylation sites is 1. The van der Waals surface area contributed by atoms with Gasteiger partial charge in [-0.25, -0.2) is 0 Å². The van der Waals surface area contributed by atoms with Gasteiger partial charge in [0, 0.05) is 22.0 Å².